The lowest BCUT2D eigenvalue weighted by atomic mass is 9.86. The van der Waals surface area contributed by atoms with E-state index in [0.717, 1.165) is 31.2 Å². The van der Waals surface area contributed by atoms with E-state index in [9.17, 15) is 19.5 Å². The first-order valence-corrected chi connectivity index (χ1v) is 10.3. The molecule has 1 heterocycles. The van der Waals surface area contributed by atoms with Crippen molar-refractivity contribution in [2.45, 2.75) is 57.8 Å². The van der Waals surface area contributed by atoms with Gasteiger partial charge < -0.3 is 14.8 Å². The zero-order chi connectivity index (χ0) is 20.5. The van der Waals surface area contributed by atoms with Crippen LogP contribution in [0, 0.1) is 5.92 Å². The molecule has 0 saturated heterocycles. The van der Waals surface area contributed by atoms with E-state index in [0.29, 0.717) is 30.7 Å². The first-order chi connectivity index (χ1) is 14.0. The maximum absolute atomic E-state index is 12.9. The van der Waals surface area contributed by atoms with Gasteiger partial charge in [0, 0.05) is 30.9 Å². The van der Waals surface area contributed by atoms with Crippen molar-refractivity contribution in [2.24, 2.45) is 5.92 Å². The quantitative estimate of drug-likeness (QED) is 0.742. The van der Waals surface area contributed by atoms with Crippen molar-refractivity contribution in [1.29, 1.82) is 0 Å². The smallest absolute Gasteiger partial charge is 0.343 e. The van der Waals surface area contributed by atoms with Gasteiger partial charge in [0.1, 0.15) is 11.5 Å². The third-order valence-electron chi connectivity index (χ3n) is 5.80. The highest BCUT2D eigenvalue weighted by Gasteiger charge is 2.39. The van der Waals surface area contributed by atoms with Gasteiger partial charge in [0.15, 0.2) is 5.78 Å². The molecule has 0 radical (unpaired) electrons. The number of ketones is 1. The molecule has 2 aliphatic carbocycles. The molecule has 2 aliphatic rings. The van der Waals surface area contributed by atoms with E-state index in [1.165, 1.54) is 0 Å². The maximum atomic E-state index is 12.9. The first kappa shape index (κ1) is 19.4. The molecule has 0 spiro atoms. The highest BCUT2D eigenvalue weighted by atomic mass is 16.4. The van der Waals surface area contributed by atoms with Gasteiger partial charge in [0.25, 0.3) is 0 Å². The van der Waals surface area contributed by atoms with Gasteiger partial charge in [-0.1, -0.05) is 19.1 Å². The SMILES string of the molecule is CCC(=O)Nc1cccc(C(c2c(O)c3c(oc2=O)CCCCC3=O)C2CC2)c1. The summed E-state index contributed by atoms with van der Waals surface area (Å²) in [7, 11) is 0. The predicted octanol–water partition coefficient (Wildman–Crippen LogP) is 4.14. The Balaban J connectivity index is 1.82. The highest BCUT2D eigenvalue weighted by molar-refractivity contribution is 6.00. The summed E-state index contributed by atoms with van der Waals surface area (Å²) >= 11 is 0. The average molecular weight is 395 g/mol. The molecule has 29 heavy (non-hydrogen) atoms. The number of carbonyl (C=O) groups is 2. The third kappa shape index (κ3) is 3.84. The number of aromatic hydroxyl groups is 1. The summed E-state index contributed by atoms with van der Waals surface area (Å²) in [5.41, 5.74) is 1.24. The molecule has 4 rings (SSSR count). The summed E-state index contributed by atoms with van der Waals surface area (Å²) in [5.74, 6) is -0.354. The van der Waals surface area contributed by atoms with Gasteiger partial charge in [-0.25, -0.2) is 4.79 Å². The van der Waals surface area contributed by atoms with Crippen LogP contribution in [0.4, 0.5) is 5.69 Å². The minimum atomic E-state index is -0.573. The van der Waals surface area contributed by atoms with Crippen molar-refractivity contribution in [1.82, 2.24) is 0 Å². The second kappa shape index (κ2) is 7.85. The van der Waals surface area contributed by atoms with Crippen molar-refractivity contribution in [3.8, 4) is 5.75 Å². The van der Waals surface area contributed by atoms with E-state index < -0.39 is 5.63 Å². The fraction of sp³-hybridized carbons (Fsp3) is 0.435. The van der Waals surface area contributed by atoms with Gasteiger partial charge in [0.2, 0.25) is 5.91 Å². The molecule has 1 amide bonds. The lowest BCUT2D eigenvalue weighted by molar-refractivity contribution is -0.115. The lowest BCUT2D eigenvalue weighted by Gasteiger charge is -2.20. The molecular formula is C23H25NO5. The van der Waals surface area contributed by atoms with Gasteiger partial charge in [0.05, 0.1) is 11.1 Å². The number of anilines is 1. The fourth-order valence-electron chi connectivity index (χ4n) is 4.18. The van der Waals surface area contributed by atoms with Crippen LogP contribution in [0.3, 0.4) is 0 Å². The summed E-state index contributed by atoms with van der Waals surface area (Å²) < 4.78 is 5.55. The van der Waals surface area contributed by atoms with Crippen molar-refractivity contribution in [3.05, 3.63) is 57.1 Å². The minimum Gasteiger partial charge on any atom is -0.506 e. The second-order valence-electron chi connectivity index (χ2n) is 7.92. The third-order valence-corrected chi connectivity index (χ3v) is 5.80. The van der Waals surface area contributed by atoms with E-state index in [-0.39, 0.29) is 40.4 Å². The summed E-state index contributed by atoms with van der Waals surface area (Å²) in [6, 6.07) is 7.34. The second-order valence-corrected chi connectivity index (χ2v) is 7.92. The van der Waals surface area contributed by atoms with Crippen molar-refractivity contribution >= 4 is 17.4 Å². The largest absolute Gasteiger partial charge is 0.506 e. The molecule has 1 fully saturated rings. The monoisotopic (exact) mass is 395 g/mol. The van der Waals surface area contributed by atoms with Crippen LogP contribution < -0.4 is 10.9 Å². The molecule has 6 nitrogen and oxygen atoms in total. The number of hydrogen-bond acceptors (Lipinski definition) is 5. The molecule has 0 aliphatic heterocycles. The molecule has 152 valence electrons. The zero-order valence-electron chi connectivity index (χ0n) is 16.5. The molecule has 0 bridgehead atoms. The molecule has 1 atom stereocenters. The van der Waals surface area contributed by atoms with Crippen molar-refractivity contribution in [3.63, 3.8) is 0 Å². The summed E-state index contributed by atoms with van der Waals surface area (Å²) in [6.07, 6.45) is 4.54. The van der Waals surface area contributed by atoms with Crippen LogP contribution in [0.5, 0.6) is 5.75 Å². The number of aryl methyl sites for hydroxylation is 1. The lowest BCUT2D eigenvalue weighted by Crippen LogP contribution is -2.19. The zero-order valence-corrected chi connectivity index (χ0v) is 16.5. The molecular weight excluding hydrogens is 370 g/mol. The Hall–Kier alpha value is -2.89. The Bertz CT molecular complexity index is 1020. The van der Waals surface area contributed by atoms with E-state index in [4.69, 9.17) is 4.42 Å². The van der Waals surface area contributed by atoms with Crippen LogP contribution in [-0.4, -0.2) is 16.8 Å². The number of rotatable bonds is 5. The fourth-order valence-corrected chi connectivity index (χ4v) is 4.18. The number of nitrogens with one attached hydrogen (secondary N) is 1. The Labute approximate surface area is 168 Å². The Morgan fingerprint density at radius 3 is 2.72 bits per heavy atom. The van der Waals surface area contributed by atoms with Crippen molar-refractivity contribution < 1.29 is 19.1 Å². The van der Waals surface area contributed by atoms with E-state index in [1.807, 2.05) is 18.2 Å². The van der Waals surface area contributed by atoms with Crippen LogP contribution in [0.15, 0.2) is 33.5 Å². The first-order valence-electron chi connectivity index (χ1n) is 10.3. The Morgan fingerprint density at radius 2 is 2.00 bits per heavy atom. The molecule has 6 heteroatoms. The average Bonchev–Trinajstić information content (AvgIpc) is 3.53. The summed E-state index contributed by atoms with van der Waals surface area (Å²) in [5, 5.41) is 13.9. The topological polar surface area (TPSA) is 96.6 Å². The van der Waals surface area contributed by atoms with Crippen LogP contribution in [0.1, 0.15) is 78.6 Å². The molecule has 1 aromatic carbocycles. The number of carbonyl (C=O) groups excluding carboxylic acids is 2. The van der Waals surface area contributed by atoms with Crippen molar-refractivity contribution in [2.75, 3.05) is 5.32 Å². The summed E-state index contributed by atoms with van der Waals surface area (Å²) in [6.45, 7) is 1.78. The van der Waals surface area contributed by atoms with E-state index >= 15 is 0 Å². The number of hydrogen-bond donors (Lipinski definition) is 2. The number of amides is 1. The normalized spacial score (nSPS) is 17.3. The molecule has 1 unspecified atom stereocenters. The van der Waals surface area contributed by atoms with E-state index in [1.54, 1.807) is 13.0 Å². The molecule has 1 aromatic heterocycles. The molecule has 2 aromatic rings. The van der Waals surface area contributed by atoms with Gasteiger partial charge in [-0.05, 0) is 49.3 Å². The van der Waals surface area contributed by atoms with Gasteiger partial charge in [-0.3, -0.25) is 9.59 Å². The minimum absolute atomic E-state index is 0.0943. The standard InChI is InChI=1S/C23H25NO5/c1-2-18(26)24-15-7-5-6-14(12-15)19(13-10-11-13)21-22(27)20-16(25)8-3-4-9-17(20)29-23(21)28/h5-7,12-13,19,27H,2-4,8-11H2,1H3,(H,24,26). The Kier molecular flexibility index (Phi) is 5.26. The van der Waals surface area contributed by atoms with Gasteiger partial charge >= 0.3 is 5.63 Å². The Morgan fingerprint density at radius 1 is 1.24 bits per heavy atom. The maximum Gasteiger partial charge on any atom is 0.343 e. The number of benzene rings is 1. The number of Topliss-reactive ketones (excluding diaryl/α,β-unsaturated/α-hetero) is 1. The molecule has 2 N–H and O–H groups in total. The highest BCUT2D eigenvalue weighted by Crippen LogP contribution is 2.49. The van der Waals surface area contributed by atoms with Gasteiger partial charge in [-0.15, -0.1) is 0 Å². The number of fused-ring (bicyclic) bond motifs is 1. The van der Waals surface area contributed by atoms with Crippen LogP contribution in [0.2, 0.25) is 0 Å². The van der Waals surface area contributed by atoms with E-state index in [2.05, 4.69) is 5.32 Å². The molecule has 1 saturated carbocycles. The summed E-state index contributed by atoms with van der Waals surface area (Å²) in [4.78, 5) is 37.2. The van der Waals surface area contributed by atoms with Gasteiger partial charge in [-0.2, -0.15) is 0 Å². The predicted molar refractivity (Wildman–Crippen MR) is 108 cm³/mol. The van der Waals surface area contributed by atoms with Crippen LogP contribution >= 0.6 is 0 Å². The van der Waals surface area contributed by atoms with Crippen LogP contribution in [0.25, 0.3) is 0 Å². The van der Waals surface area contributed by atoms with Crippen LogP contribution in [-0.2, 0) is 11.2 Å².